The maximum Gasteiger partial charge on any atom is 0.133 e. The molecule has 0 aliphatic heterocycles. The minimum absolute atomic E-state index is 0.257. The van der Waals surface area contributed by atoms with E-state index < -0.39 is 0 Å². The van der Waals surface area contributed by atoms with E-state index in [0.717, 1.165) is 6.42 Å². The Bertz CT molecular complexity index is 301. The van der Waals surface area contributed by atoms with Crippen LogP contribution in [0.15, 0.2) is 22.7 Å². The molecule has 0 bridgehead atoms. The van der Waals surface area contributed by atoms with Gasteiger partial charge in [0.15, 0.2) is 0 Å². The van der Waals surface area contributed by atoms with Crippen molar-refractivity contribution < 1.29 is 9.13 Å². The summed E-state index contributed by atoms with van der Waals surface area (Å²) in [6.07, 6.45) is 1.08. The van der Waals surface area contributed by atoms with E-state index in [1.54, 1.807) is 6.07 Å². The Balaban J connectivity index is 2.59. The molecule has 1 aromatic rings. The van der Waals surface area contributed by atoms with Crippen LogP contribution in [0.5, 0.6) is 5.75 Å². The molecule has 0 spiro atoms. The van der Waals surface area contributed by atoms with E-state index in [1.165, 1.54) is 12.1 Å². The summed E-state index contributed by atoms with van der Waals surface area (Å²) in [5.41, 5.74) is 0. The monoisotopic (exact) mass is 260 g/mol. The first-order chi connectivity index (χ1) is 6.63. The van der Waals surface area contributed by atoms with Crippen molar-refractivity contribution in [3.05, 3.63) is 28.5 Å². The van der Waals surface area contributed by atoms with Gasteiger partial charge in [0.05, 0.1) is 11.1 Å². The zero-order valence-electron chi connectivity index (χ0n) is 8.39. The second-order valence-corrected chi connectivity index (χ2v) is 4.25. The largest absolute Gasteiger partial charge is 0.492 e. The molecule has 0 saturated carbocycles. The molecule has 0 heterocycles. The number of hydrogen-bond donors (Lipinski definition) is 0. The Morgan fingerprint density at radius 2 is 2.21 bits per heavy atom. The summed E-state index contributed by atoms with van der Waals surface area (Å²) in [5, 5.41) is 0. The second-order valence-electron chi connectivity index (χ2n) is 3.40. The molecule has 1 unspecified atom stereocenters. The molecule has 1 atom stereocenters. The molecule has 14 heavy (non-hydrogen) atoms. The summed E-state index contributed by atoms with van der Waals surface area (Å²) in [6, 6.07) is 4.45. The normalized spacial score (nSPS) is 12.6. The van der Waals surface area contributed by atoms with Crippen LogP contribution in [0.2, 0.25) is 0 Å². The van der Waals surface area contributed by atoms with Gasteiger partial charge in [-0.2, -0.15) is 0 Å². The quantitative estimate of drug-likeness (QED) is 0.795. The average Bonchev–Trinajstić information content (AvgIpc) is 2.16. The first-order valence-electron chi connectivity index (χ1n) is 4.71. The Kier molecular flexibility index (Phi) is 4.39. The number of rotatable bonds is 4. The van der Waals surface area contributed by atoms with E-state index in [2.05, 4.69) is 29.8 Å². The van der Waals surface area contributed by atoms with Gasteiger partial charge in [-0.05, 0) is 40.0 Å². The molecule has 0 N–H and O–H groups in total. The molecular weight excluding hydrogens is 247 g/mol. The highest BCUT2D eigenvalue weighted by Gasteiger charge is 2.04. The summed E-state index contributed by atoms with van der Waals surface area (Å²) >= 11 is 3.25. The van der Waals surface area contributed by atoms with Gasteiger partial charge in [-0.3, -0.25) is 0 Å². The topological polar surface area (TPSA) is 9.23 Å². The maximum atomic E-state index is 12.7. The third-order valence-corrected chi connectivity index (χ3v) is 2.73. The highest BCUT2D eigenvalue weighted by Crippen LogP contribution is 2.25. The van der Waals surface area contributed by atoms with E-state index in [-0.39, 0.29) is 5.82 Å². The third kappa shape index (κ3) is 3.29. The van der Waals surface area contributed by atoms with Crippen LogP contribution in [0.25, 0.3) is 0 Å². The van der Waals surface area contributed by atoms with E-state index in [0.29, 0.717) is 22.7 Å². The van der Waals surface area contributed by atoms with Gasteiger partial charge < -0.3 is 4.74 Å². The molecule has 0 aromatic heterocycles. The Morgan fingerprint density at radius 3 is 2.79 bits per heavy atom. The van der Waals surface area contributed by atoms with Crippen LogP contribution in [0.1, 0.15) is 20.3 Å². The zero-order valence-corrected chi connectivity index (χ0v) is 9.97. The lowest BCUT2D eigenvalue weighted by Gasteiger charge is -2.11. The fourth-order valence-electron chi connectivity index (χ4n) is 0.942. The van der Waals surface area contributed by atoms with E-state index in [1.807, 2.05) is 0 Å². The second kappa shape index (κ2) is 5.35. The average molecular weight is 261 g/mol. The van der Waals surface area contributed by atoms with Gasteiger partial charge in [0.1, 0.15) is 11.6 Å². The van der Waals surface area contributed by atoms with Crippen molar-refractivity contribution in [1.82, 2.24) is 0 Å². The van der Waals surface area contributed by atoms with Crippen LogP contribution in [-0.4, -0.2) is 6.61 Å². The molecule has 0 saturated heterocycles. The first kappa shape index (κ1) is 11.5. The minimum Gasteiger partial charge on any atom is -0.492 e. The van der Waals surface area contributed by atoms with Gasteiger partial charge in [0.25, 0.3) is 0 Å². The summed E-state index contributed by atoms with van der Waals surface area (Å²) < 4.78 is 18.9. The van der Waals surface area contributed by atoms with Crippen LogP contribution < -0.4 is 4.74 Å². The molecule has 0 fully saturated rings. The molecule has 0 aliphatic rings. The van der Waals surface area contributed by atoms with Crippen LogP contribution in [0, 0.1) is 11.7 Å². The lowest BCUT2D eigenvalue weighted by Crippen LogP contribution is -2.07. The first-order valence-corrected chi connectivity index (χ1v) is 5.50. The Morgan fingerprint density at radius 1 is 1.50 bits per heavy atom. The third-order valence-electron chi connectivity index (χ3n) is 2.11. The predicted octanol–water partition coefficient (Wildman–Crippen LogP) is 4.01. The zero-order chi connectivity index (χ0) is 10.6. The van der Waals surface area contributed by atoms with Gasteiger partial charge >= 0.3 is 0 Å². The van der Waals surface area contributed by atoms with Crippen molar-refractivity contribution in [3.63, 3.8) is 0 Å². The van der Waals surface area contributed by atoms with Gasteiger partial charge in [-0.25, -0.2) is 4.39 Å². The molecule has 78 valence electrons. The molecule has 1 nitrogen and oxygen atoms in total. The molecule has 0 aliphatic carbocycles. The van der Waals surface area contributed by atoms with Crippen LogP contribution in [0.4, 0.5) is 4.39 Å². The van der Waals surface area contributed by atoms with Crippen molar-refractivity contribution in [2.75, 3.05) is 6.61 Å². The van der Waals surface area contributed by atoms with Crippen LogP contribution >= 0.6 is 15.9 Å². The molecule has 1 aromatic carbocycles. The molecular formula is C11H14BrFO. The molecule has 1 rings (SSSR count). The van der Waals surface area contributed by atoms with E-state index >= 15 is 0 Å². The summed E-state index contributed by atoms with van der Waals surface area (Å²) in [6.45, 7) is 4.91. The van der Waals surface area contributed by atoms with Crippen molar-refractivity contribution in [2.45, 2.75) is 20.3 Å². The lowest BCUT2D eigenvalue weighted by atomic mass is 10.1. The fraction of sp³-hybridized carbons (Fsp3) is 0.455. The van der Waals surface area contributed by atoms with Crippen LogP contribution in [0.3, 0.4) is 0 Å². The standard InChI is InChI=1S/C11H14BrFO/c1-3-8(2)7-14-11-5-4-9(13)6-10(11)12/h4-6,8H,3,7H2,1-2H3. The smallest absolute Gasteiger partial charge is 0.133 e. The van der Waals surface area contributed by atoms with E-state index in [9.17, 15) is 4.39 Å². The number of halogens is 2. The lowest BCUT2D eigenvalue weighted by molar-refractivity contribution is 0.255. The minimum atomic E-state index is -0.257. The van der Waals surface area contributed by atoms with Crippen molar-refractivity contribution in [2.24, 2.45) is 5.92 Å². The Labute approximate surface area is 92.4 Å². The summed E-state index contributed by atoms with van der Waals surface area (Å²) in [5.74, 6) is 0.964. The molecule has 0 radical (unpaired) electrons. The Hall–Kier alpha value is -0.570. The molecule has 0 amide bonds. The maximum absolute atomic E-state index is 12.7. The fourth-order valence-corrected chi connectivity index (χ4v) is 1.41. The predicted molar refractivity (Wildman–Crippen MR) is 59.1 cm³/mol. The van der Waals surface area contributed by atoms with Gasteiger partial charge in [-0.15, -0.1) is 0 Å². The highest BCUT2D eigenvalue weighted by atomic mass is 79.9. The number of hydrogen-bond acceptors (Lipinski definition) is 1. The SMILES string of the molecule is CCC(C)COc1ccc(F)cc1Br. The van der Waals surface area contributed by atoms with E-state index in [4.69, 9.17) is 4.74 Å². The van der Waals surface area contributed by atoms with Gasteiger partial charge in [0.2, 0.25) is 0 Å². The van der Waals surface area contributed by atoms with Crippen molar-refractivity contribution in [1.29, 1.82) is 0 Å². The van der Waals surface area contributed by atoms with Gasteiger partial charge in [0, 0.05) is 0 Å². The number of benzene rings is 1. The van der Waals surface area contributed by atoms with Crippen molar-refractivity contribution in [3.8, 4) is 5.75 Å². The van der Waals surface area contributed by atoms with Crippen LogP contribution in [-0.2, 0) is 0 Å². The summed E-state index contributed by atoms with van der Waals surface area (Å²) in [7, 11) is 0. The highest BCUT2D eigenvalue weighted by molar-refractivity contribution is 9.10. The van der Waals surface area contributed by atoms with Crippen molar-refractivity contribution >= 4 is 15.9 Å². The van der Waals surface area contributed by atoms with Gasteiger partial charge in [-0.1, -0.05) is 20.3 Å². The molecule has 3 heteroatoms. The number of ether oxygens (including phenoxy) is 1. The summed E-state index contributed by atoms with van der Waals surface area (Å²) in [4.78, 5) is 0.